The Bertz CT molecular complexity index is 1010. The molecule has 4 fully saturated rings. The molecule has 1 amide bonds. The standard InChI is InChI=1S/C26H27NO4/c28-24(27-21-4-1-19-14-31-25(29)23(19)10-21)15-30-22-5-2-20(3-6-22)26-11-16-7-17(12-26)9-18(8-16)13-26/h1-6,10,16-18H,7-9,11-15H2,(H,27,28). The van der Waals surface area contributed by atoms with Gasteiger partial charge in [0.15, 0.2) is 6.61 Å². The van der Waals surface area contributed by atoms with E-state index in [1.807, 2.05) is 12.1 Å². The molecule has 0 unspecified atom stereocenters. The highest BCUT2D eigenvalue weighted by Crippen LogP contribution is 2.60. The largest absolute Gasteiger partial charge is 0.484 e. The lowest BCUT2D eigenvalue weighted by Gasteiger charge is -2.57. The topological polar surface area (TPSA) is 64.6 Å². The van der Waals surface area contributed by atoms with Crippen molar-refractivity contribution >= 4 is 17.6 Å². The number of anilines is 1. The SMILES string of the molecule is O=C(COc1ccc(C23CC4CC(CC(C4)C2)C3)cc1)Nc1ccc2c(c1)C(=O)OC2. The van der Waals surface area contributed by atoms with Gasteiger partial charge < -0.3 is 14.8 Å². The Morgan fingerprint density at radius 1 is 1.00 bits per heavy atom. The summed E-state index contributed by atoms with van der Waals surface area (Å²) in [6, 6.07) is 13.7. The van der Waals surface area contributed by atoms with Crippen LogP contribution in [-0.2, 0) is 21.6 Å². The van der Waals surface area contributed by atoms with E-state index >= 15 is 0 Å². The van der Waals surface area contributed by atoms with Gasteiger partial charge in [0.2, 0.25) is 0 Å². The van der Waals surface area contributed by atoms with Crippen molar-refractivity contribution in [3.05, 3.63) is 59.2 Å². The average Bonchev–Trinajstić information content (AvgIpc) is 3.12. The molecule has 2 aromatic rings. The zero-order valence-corrected chi connectivity index (χ0v) is 17.6. The third kappa shape index (κ3) is 3.40. The van der Waals surface area contributed by atoms with E-state index in [0.29, 0.717) is 29.0 Å². The average molecular weight is 418 g/mol. The van der Waals surface area contributed by atoms with Crippen molar-refractivity contribution in [1.29, 1.82) is 0 Å². The lowest BCUT2D eigenvalue weighted by Crippen LogP contribution is -2.48. The second kappa shape index (κ2) is 7.11. The van der Waals surface area contributed by atoms with Crippen LogP contribution in [0.4, 0.5) is 5.69 Å². The van der Waals surface area contributed by atoms with Gasteiger partial charge in [0.25, 0.3) is 5.91 Å². The van der Waals surface area contributed by atoms with Crippen LogP contribution in [-0.4, -0.2) is 18.5 Å². The Morgan fingerprint density at radius 3 is 2.35 bits per heavy atom. The van der Waals surface area contributed by atoms with Gasteiger partial charge in [0.05, 0.1) is 5.56 Å². The van der Waals surface area contributed by atoms with Gasteiger partial charge in [-0.15, -0.1) is 0 Å². The van der Waals surface area contributed by atoms with Crippen LogP contribution < -0.4 is 10.1 Å². The molecular weight excluding hydrogens is 390 g/mol. The first-order valence-electron chi connectivity index (χ1n) is 11.4. The summed E-state index contributed by atoms with van der Waals surface area (Å²) in [7, 11) is 0. The molecule has 1 N–H and O–H groups in total. The Labute approximate surface area is 182 Å². The van der Waals surface area contributed by atoms with E-state index in [-0.39, 0.29) is 18.5 Å². The minimum Gasteiger partial charge on any atom is -0.484 e. The molecule has 5 aliphatic rings. The number of fused-ring (bicyclic) bond motifs is 1. The molecule has 4 bridgehead atoms. The number of carbonyl (C=O) groups is 2. The van der Waals surface area contributed by atoms with Gasteiger partial charge in [0.1, 0.15) is 12.4 Å². The van der Waals surface area contributed by atoms with Gasteiger partial charge in [-0.1, -0.05) is 18.2 Å². The maximum absolute atomic E-state index is 12.3. The van der Waals surface area contributed by atoms with Crippen molar-refractivity contribution in [1.82, 2.24) is 0 Å². The first-order valence-corrected chi connectivity index (χ1v) is 11.4. The predicted octanol–water partition coefficient (Wildman–Crippen LogP) is 4.84. The third-order valence-corrected chi connectivity index (χ3v) is 7.85. The molecule has 2 aromatic carbocycles. The van der Waals surface area contributed by atoms with E-state index in [4.69, 9.17) is 9.47 Å². The van der Waals surface area contributed by atoms with Crippen LogP contribution in [0.15, 0.2) is 42.5 Å². The molecule has 7 rings (SSSR count). The van der Waals surface area contributed by atoms with E-state index in [1.54, 1.807) is 18.2 Å². The van der Waals surface area contributed by atoms with E-state index in [1.165, 1.54) is 44.1 Å². The van der Waals surface area contributed by atoms with Crippen molar-refractivity contribution in [2.24, 2.45) is 17.8 Å². The van der Waals surface area contributed by atoms with Crippen molar-refractivity contribution in [2.75, 3.05) is 11.9 Å². The molecule has 4 aliphatic carbocycles. The smallest absolute Gasteiger partial charge is 0.338 e. The fraction of sp³-hybridized carbons (Fsp3) is 0.462. The number of carbonyl (C=O) groups excluding carboxylic acids is 2. The first-order chi connectivity index (χ1) is 15.1. The fourth-order valence-electron chi connectivity index (χ4n) is 6.91. The summed E-state index contributed by atoms with van der Waals surface area (Å²) in [5.41, 5.74) is 3.76. The minimum absolute atomic E-state index is 0.0712. The normalized spacial score (nSPS) is 30.1. The quantitative estimate of drug-likeness (QED) is 0.707. The molecule has 0 saturated heterocycles. The summed E-state index contributed by atoms with van der Waals surface area (Å²) in [5, 5.41) is 2.79. The first kappa shape index (κ1) is 18.9. The monoisotopic (exact) mass is 417 g/mol. The molecule has 0 spiro atoms. The third-order valence-electron chi connectivity index (χ3n) is 7.85. The van der Waals surface area contributed by atoms with Crippen molar-refractivity contribution in [3.63, 3.8) is 0 Å². The number of ether oxygens (including phenoxy) is 2. The van der Waals surface area contributed by atoms with Crippen molar-refractivity contribution in [2.45, 2.75) is 50.5 Å². The molecule has 1 heterocycles. The van der Waals surface area contributed by atoms with Crippen molar-refractivity contribution < 1.29 is 19.1 Å². The summed E-state index contributed by atoms with van der Waals surface area (Å²) in [6.45, 7) is 0.225. The zero-order valence-electron chi connectivity index (χ0n) is 17.6. The molecule has 5 nitrogen and oxygen atoms in total. The highest BCUT2D eigenvalue weighted by molar-refractivity contribution is 5.97. The van der Waals surface area contributed by atoms with E-state index < -0.39 is 0 Å². The summed E-state index contributed by atoms with van der Waals surface area (Å²) in [6.07, 6.45) is 8.37. The number of benzene rings is 2. The summed E-state index contributed by atoms with van der Waals surface area (Å²) in [4.78, 5) is 24.0. The molecule has 31 heavy (non-hydrogen) atoms. The van der Waals surface area contributed by atoms with Crippen LogP contribution in [0.2, 0.25) is 0 Å². The van der Waals surface area contributed by atoms with Gasteiger partial charge in [-0.25, -0.2) is 4.79 Å². The summed E-state index contributed by atoms with van der Waals surface area (Å²) in [5.74, 6) is 2.88. The number of rotatable bonds is 5. The number of esters is 1. The van der Waals surface area contributed by atoms with E-state index in [2.05, 4.69) is 17.4 Å². The van der Waals surface area contributed by atoms with Gasteiger partial charge in [-0.3, -0.25) is 4.79 Å². The molecule has 160 valence electrons. The van der Waals surface area contributed by atoms with E-state index in [0.717, 1.165) is 23.3 Å². The Morgan fingerprint density at radius 2 is 1.68 bits per heavy atom. The van der Waals surface area contributed by atoms with Crippen LogP contribution in [0.1, 0.15) is 60.0 Å². The molecule has 1 aliphatic heterocycles. The predicted molar refractivity (Wildman–Crippen MR) is 116 cm³/mol. The number of nitrogens with one attached hydrogen (secondary N) is 1. The number of amides is 1. The zero-order chi connectivity index (χ0) is 21.0. The highest BCUT2D eigenvalue weighted by Gasteiger charge is 2.51. The molecule has 5 heteroatoms. The second-order valence-corrected chi connectivity index (χ2v) is 10.0. The summed E-state index contributed by atoms with van der Waals surface area (Å²) >= 11 is 0. The Hall–Kier alpha value is -2.82. The maximum atomic E-state index is 12.3. The second-order valence-electron chi connectivity index (χ2n) is 10.0. The molecule has 0 aromatic heterocycles. The molecule has 0 atom stereocenters. The lowest BCUT2D eigenvalue weighted by atomic mass is 9.48. The van der Waals surface area contributed by atoms with Gasteiger partial charge >= 0.3 is 5.97 Å². The van der Waals surface area contributed by atoms with Gasteiger partial charge in [0, 0.05) is 11.3 Å². The number of cyclic esters (lactones) is 1. The van der Waals surface area contributed by atoms with Crippen LogP contribution >= 0.6 is 0 Å². The molecule has 0 radical (unpaired) electrons. The van der Waals surface area contributed by atoms with Gasteiger partial charge in [-0.2, -0.15) is 0 Å². The van der Waals surface area contributed by atoms with Crippen LogP contribution in [0, 0.1) is 17.8 Å². The minimum atomic E-state index is -0.346. The molecule has 4 saturated carbocycles. The van der Waals surface area contributed by atoms with Crippen LogP contribution in [0.3, 0.4) is 0 Å². The van der Waals surface area contributed by atoms with Gasteiger partial charge in [-0.05, 0) is 91.5 Å². The maximum Gasteiger partial charge on any atom is 0.338 e. The van der Waals surface area contributed by atoms with Crippen molar-refractivity contribution in [3.8, 4) is 5.75 Å². The fourth-order valence-corrected chi connectivity index (χ4v) is 6.91. The van der Waals surface area contributed by atoms with Crippen LogP contribution in [0.25, 0.3) is 0 Å². The number of hydrogen-bond donors (Lipinski definition) is 1. The Kier molecular flexibility index (Phi) is 4.34. The molecular formula is C26H27NO4. The lowest BCUT2D eigenvalue weighted by molar-refractivity contribution is -0.118. The number of hydrogen-bond acceptors (Lipinski definition) is 4. The Balaban J connectivity index is 1.08. The van der Waals surface area contributed by atoms with E-state index in [9.17, 15) is 9.59 Å². The van der Waals surface area contributed by atoms with Crippen LogP contribution in [0.5, 0.6) is 5.75 Å². The highest BCUT2D eigenvalue weighted by atomic mass is 16.5. The summed E-state index contributed by atoms with van der Waals surface area (Å²) < 4.78 is 10.7.